The maximum absolute atomic E-state index is 12.0. The molecule has 0 aromatic carbocycles. The lowest BCUT2D eigenvalue weighted by atomic mass is 9.78. The number of rotatable bonds is 2. The van der Waals surface area contributed by atoms with E-state index in [4.69, 9.17) is 0 Å². The predicted molar refractivity (Wildman–Crippen MR) is 69.9 cm³/mol. The maximum atomic E-state index is 12.0. The summed E-state index contributed by atoms with van der Waals surface area (Å²) in [5, 5.41) is 0. The van der Waals surface area contributed by atoms with Crippen LogP contribution >= 0.6 is 0 Å². The zero-order valence-corrected chi connectivity index (χ0v) is 11.5. The van der Waals surface area contributed by atoms with Gasteiger partial charge in [0.05, 0.1) is 0 Å². The fourth-order valence-electron chi connectivity index (χ4n) is 3.59. The SMILES string of the molecule is CCN1C(=O)CCCC12CCN(C(C)C)CC2. The summed E-state index contributed by atoms with van der Waals surface area (Å²) in [6, 6.07) is 0.640. The van der Waals surface area contributed by atoms with E-state index in [1.807, 2.05) is 0 Å². The van der Waals surface area contributed by atoms with Crippen molar-refractivity contribution in [3.8, 4) is 0 Å². The lowest BCUT2D eigenvalue weighted by Gasteiger charge is -2.51. The summed E-state index contributed by atoms with van der Waals surface area (Å²) in [5.41, 5.74) is 0.204. The Morgan fingerprint density at radius 1 is 1.24 bits per heavy atom. The number of likely N-dealkylation sites (tertiary alicyclic amines) is 2. The van der Waals surface area contributed by atoms with Crippen LogP contribution in [0.2, 0.25) is 0 Å². The molecule has 0 N–H and O–H groups in total. The van der Waals surface area contributed by atoms with E-state index >= 15 is 0 Å². The molecule has 2 rings (SSSR count). The third-order valence-corrected chi connectivity index (χ3v) is 4.68. The number of nitrogens with zero attached hydrogens (tertiary/aromatic N) is 2. The van der Waals surface area contributed by atoms with Gasteiger partial charge in [-0.25, -0.2) is 0 Å². The van der Waals surface area contributed by atoms with Gasteiger partial charge in [0.1, 0.15) is 0 Å². The van der Waals surface area contributed by atoms with Gasteiger partial charge in [0.2, 0.25) is 5.91 Å². The van der Waals surface area contributed by atoms with Gasteiger partial charge in [0.15, 0.2) is 0 Å². The fraction of sp³-hybridized carbons (Fsp3) is 0.929. The van der Waals surface area contributed by atoms with Crippen molar-refractivity contribution in [1.29, 1.82) is 0 Å². The van der Waals surface area contributed by atoms with E-state index in [2.05, 4.69) is 30.6 Å². The van der Waals surface area contributed by atoms with Crippen LogP contribution < -0.4 is 0 Å². The molecule has 0 atom stereocenters. The highest BCUT2D eigenvalue weighted by Crippen LogP contribution is 2.37. The van der Waals surface area contributed by atoms with Crippen molar-refractivity contribution in [2.24, 2.45) is 0 Å². The van der Waals surface area contributed by atoms with Gasteiger partial charge in [-0.3, -0.25) is 4.79 Å². The second-order valence-electron chi connectivity index (χ2n) is 5.85. The van der Waals surface area contributed by atoms with Crippen molar-refractivity contribution in [3.05, 3.63) is 0 Å². The first-order valence-electron chi connectivity index (χ1n) is 7.13. The Morgan fingerprint density at radius 3 is 2.41 bits per heavy atom. The second-order valence-corrected chi connectivity index (χ2v) is 5.85. The summed E-state index contributed by atoms with van der Waals surface area (Å²) in [4.78, 5) is 16.7. The lowest BCUT2D eigenvalue weighted by Crippen LogP contribution is -2.59. The molecule has 0 aliphatic carbocycles. The number of piperidine rings is 2. The smallest absolute Gasteiger partial charge is 0.223 e. The van der Waals surface area contributed by atoms with E-state index in [9.17, 15) is 4.79 Å². The molecule has 98 valence electrons. The van der Waals surface area contributed by atoms with Gasteiger partial charge in [-0.1, -0.05) is 0 Å². The number of carbonyl (C=O) groups excluding carboxylic acids is 1. The molecule has 2 fully saturated rings. The zero-order chi connectivity index (χ0) is 12.5. The van der Waals surface area contributed by atoms with E-state index in [0.29, 0.717) is 11.9 Å². The van der Waals surface area contributed by atoms with E-state index < -0.39 is 0 Å². The van der Waals surface area contributed by atoms with Crippen molar-refractivity contribution in [2.45, 2.75) is 64.5 Å². The van der Waals surface area contributed by atoms with Crippen molar-refractivity contribution >= 4 is 5.91 Å². The number of amides is 1. The molecule has 17 heavy (non-hydrogen) atoms. The molecule has 1 spiro atoms. The van der Waals surface area contributed by atoms with E-state index in [-0.39, 0.29) is 5.54 Å². The van der Waals surface area contributed by atoms with E-state index in [1.54, 1.807) is 0 Å². The molecular weight excluding hydrogens is 212 g/mol. The first kappa shape index (κ1) is 12.9. The van der Waals surface area contributed by atoms with Crippen LogP contribution in [0.3, 0.4) is 0 Å². The summed E-state index contributed by atoms with van der Waals surface area (Å²) < 4.78 is 0. The highest BCUT2D eigenvalue weighted by atomic mass is 16.2. The van der Waals surface area contributed by atoms with Gasteiger partial charge >= 0.3 is 0 Å². The fourth-order valence-corrected chi connectivity index (χ4v) is 3.59. The minimum Gasteiger partial charge on any atom is -0.337 e. The van der Waals surface area contributed by atoms with Crippen LogP contribution in [0.4, 0.5) is 0 Å². The largest absolute Gasteiger partial charge is 0.337 e. The lowest BCUT2D eigenvalue weighted by molar-refractivity contribution is -0.144. The van der Waals surface area contributed by atoms with Crippen LogP contribution in [0.1, 0.15) is 52.9 Å². The van der Waals surface area contributed by atoms with Crippen LogP contribution in [0, 0.1) is 0 Å². The molecular formula is C14H26N2O. The Bertz CT molecular complexity index is 280. The standard InChI is InChI=1S/C14H26N2O/c1-4-16-13(17)6-5-7-14(16)8-10-15(11-9-14)12(2)3/h12H,4-11H2,1-3H3. The first-order chi connectivity index (χ1) is 8.09. The molecule has 0 unspecified atom stereocenters. The normalized spacial score (nSPS) is 25.9. The molecule has 0 saturated carbocycles. The average molecular weight is 238 g/mol. The Morgan fingerprint density at radius 2 is 1.88 bits per heavy atom. The molecule has 0 aromatic rings. The molecule has 3 nitrogen and oxygen atoms in total. The molecule has 3 heteroatoms. The van der Waals surface area contributed by atoms with Crippen molar-refractivity contribution in [2.75, 3.05) is 19.6 Å². The highest BCUT2D eigenvalue weighted by Gasteiger charge is 2.43. The third-order valence-electron chi connectivity index (χ3n) is 4.68. The van der Waals surface area contributed by atoms with Crippen LogP contribution in [0.25, 0.3) is 0 Å². The number of hydrogen-bond acceptors (Lipinski definition) is 2. The zero-order valence-electron chi connectivity index (χ0n) is 11.5. The first-order valence-corrected chi connectivity index (χ1v) is 7.13. The molecule has 2 aliphatic heterocycles. The minimum atomic E-state index is 0.204. The molecule has 2 saturated heterocycles. The molecule has 0 bridgehead atoms. The molecule has 0 radical (unpaired) electrons. The van der Waals surface area contributed by atoms with Crippen molar-refractivity contribution in [3.63, 3.8) is 0 Å². The molecule has 0 aromatic heterocycles. The Balaban J connectivity index is 2.06. The summed E-state index contributed by atoms with van der Waals surface area (Å²) in [6.45, 7) is 9.85. The monoisotopic (exact) mass is 238 g/mol. The predicted octanol–water partition coefficient (Wildman–Crippen LogP) is 2.26. The van der Waals surface area contributed by atoms with Gasteiger partial charge in [0, 0.05) is 37.6 Å². The number of carbonyl (C=O) groups is 1. The summed E-state index contributed by atoms with van der Waals surface area (Å²) in [6.07, 6.45) is 5.43. The summed E-state index contributed by atoms with van der Waals surface area (Å²) >= 11 is 0. The minimum absolute atomic E-state index is 0.204. The average Bonchev–Trinajstić information content (AvgIpc) is 2.30. The molecule has 2 aliphatic rings. The van der Waals surface area contributed by atoms with Crippen LogP contribution in [0.5, 0.6) is 0 Å². The molecule has 1 amide bonds. The van der Waals surface area contributed by atoms with Crippen molar-refractivity contribution in [1.82, 2.24) is 9.80 Å². The van der Waals surface area contributed by atoms with Gasteiger partial charge in [-0.05, 0) is 46.5 Å². The maximum Gasteiger partial charge on any atom is 0.223 e. The summed E-state index contributed by atoms with van der Waals surface area (Å²) in [7, 11) is 0. The topological polar surface area (TPSA) is 23.6 Å². The Hall–Kier alpha value is -0.570. The highest BCUT2D eigenvalue weighted by molar-refractivity contribution is 5.78. The summed E-state index contributed by atoms with van der Waals surface area (Å²) in [5.74, 6) is 0.386. The quantitative estimate of drug-likeness (QED) is 0.737. The Kier molecular flexibility index (Phi) is 3.76. The van der Waals surface area contributed by atoms with Gasteiger partial charge in [-0.2, -0.15) is 0 Å². The second kappa shape index (κ2) is 4.97. The van der Waals surface area contributed by atoms with Gasteiger partial charge in [-0.15, -0.1) is 0 Å². The van der Waals surface area contributed by atoms with Crippen LogP contribution in [-0.2, 0) is 4.79 Å². The van der Waals surface area contributed by atoms with E-state index in [1.165, 1.54) is 19.3 Å². The van der Waals surface area contributed by atoms with Gasteiger partial charge < -0.3 is 9.80 Å². The van der Waals surface area contributed by atoms with Gasteiger partial charge in [0.25, 0.3) is 0 Å². The molecule has 2 heterocycles. The number of hydrogen-bond donors (Lipinski definition) is 0. The van der Waals surface area contributed by atoms with E-state index in [0.717, 1.165) is 32.5 Å². The Labute approximate surface area is 105 Å². The van der Waals surface area contributed by atoms with Crippen LogP contribution in [0.15, 0.2) is 0 Å². The van der Waals surface area contributed by atoms with Crippen LogP contribution in [-0.4, -0.2) is 46.9 Å². The third kappa shape index (κ3) is 2.35. The van der Waals surface area contributed by atoms with Crippen molar-refractivity contribution < 1.29 is 4.79 Å².